The van der Waals surface area contributed by atoms with Crippen molar-refractivity contribution in [2.24, 2.45) is 0 Å². The standard InChI is InChI=1S/C25H28N4O4S/c30-21-8-7-20(23-22(21)29-24(31)34-23)25(32,33)16-27-13-10-18-5-3-4-17(14-18)9-12-26-15-19-6-1-2-11-28-19/h1-8,11,14,26-27,30,32-33H,9-10,12-13,15-16H2,(H,29,31). The van der Waals surface area contributed by atoms with Gasteiger partial charge in [-0.25, -0.2) is 0 Å². The second-order valence-corrected chi connectivity index (χ2v) is 9.15. The monoisotopic (exact) mass is 480 g/mol. The summed E-state index contributed by atoms with van der Waals surface area (Å²) in [4.78, 5) is 18.1. The van der Waals surface area contributed by atoms with E-state index in [1.807, 2.05) is 24.3 Å². The van der Waals surface area contributed by atoms with Crippen LogP contribution < -0.4 is 15.5 Å². The third-order valence-corrected chi connectivity index (χ3v) is 6.48. The summed E-state index contributed by atoms with van der Waals surface area (Å²) in [7, 11) is 0. The highest BCUT2D eigenvalue weighted by atomic mass is 32.1. The quantitative estimate of drug-likeness (QED) is 0.143. The van der Waals surface area contributed by atoms with Crippen molar-refractivity contribution in [2.75, 3.05) is 19.6 Å². The zero-order valence-corrected chi connectivity index (χ0v) is 19.4. The fourth-order valence-electron chi connectivity index (χ4n) is 3.82. The fourth-order valence-corrected chi connectivity index (χ4v) is 4.76. The van der Waals surface area contributed by atoms with Gasteiger partial charge in [-0.05, 0) is 61.3 Å². The smallest absolute Gasteiger partial charge is 0.305 e. The number of aromatic amines is 1. The molecule has 0 atom stereocenters. The summed E-state index contributed by atoms with van der Waals surface area (Å²) in [6.07, 6.45) is 3.43. The van der Waals surface area contributed by atoms with Gasteiger partial charge in [-0.3, -0.25) is 9.78 Å². The molecule has 34 heavy (non-hydrogen) atoms. The molecule has 178 valence electrons. The minimum Gasteiger partial charge on any atom is -0.506 e. The van der Waals surface area contributed by atoms with Crippen LogP contribution in [0.25, 0.3) is 10.2 Å². The zero-order valence-electron chi connectivity index (χ0n) is 18.6. The van der Waals surface area contributed by atoms with Gasteiger partial charge in [0.1, 0.15) is 11.3 Å². The van der Waals surface area contributed by atoms with Gasteiger partial charge in [-0.1, -0.05) is 41.7 Å². The van der Waals surface area contributed by atoms with Crippen LogP contribution in [0, 0.1) is 0 Å². The Balaban J connectivity index is 1.26. The third-order valence-electron chi connectivity index (χ3n) is 5.56. The van der Waals surface area contributed by atoms with E-state index < -0.39 is 5.79 Å². The molecule has 0 amide bonds. The number of aromatic hydroxyl groups is 1. The molecule has 6 N–H and O–H groups in total. The number of aliphatic hydroxyl groups is 2. The van der Waals surface area contributed by atoms with Crippen molar-refractivity contribution in [1.82, 2.24) is 20.6 Å². The lowest BCUT2D eigenvalue weighted by Crippen LogP contribution is -2.38. The zero-order chi connectivity index (χ0) is 24.0. The van der Waals surface area contributed by atoms with Crippen molar-refractivity contribution in [3.8, 4) is 5.75 Å². The summed E-state index contributed by atoms with van der Waals surface area (Å²) in [5, 5.41) is 37.6. The van der Waals surface area contributed by atoms with Crippen LogP contribution in [0.15, 0.2) is 65.6 Å². The number of hydrogen-bond donors (Lipinski definition) is 6. The molecule has 0 radical (unpaired) electrons. The highest BCUT2D eigenvalue weighted by molar-refractivity contribution is 7.16. The Hall–Kier alpha value is -3.08. The molecular weight excluding hydrogens is 452 g/mol. The molecule has 4 aromatic rings. The number of fused-ring (bicyclic) bond motifs is 1. The lowest BCUT2D eigenvalue weighted by molar-refractivity contribution is -0.164. The predicted molar refractivity (Wildman–Crippen MR) is 133 cm³/mol. The van der Waals surface area contributed by atoms with Crippen molar-refractivity contribution in [1.29, 1.82) is 0 Å². The highest BCUT2D eigenvalue weighted by Crippen LogP contribution is 2.32. The lowest BCUT2D eigenvalue weighted by Gasteiger charge is -2.23. The maximum atomic E-state index is 11.7. The Morgan fingerprint density at radius 2 is 1.74 bits per heavy atom. The highest BCUT2D eigenvalue weighted by Gasteiger charge is 2.29. The molecule has 0 saturated carbocycles. The molecule has 4 rings (SSSR count). The number of phenolic OH excluding ortho intramolecular Hbond substituents is 1. The molecule has 8 nitrogen and oxygen atoms in total. The molecule has 0 aliphatic heterocycles. The van der Waals surface area contributed by atoms with Crippen LogP contribution in [-0.4, -0.2) is 44.9 Å². The van der Waals surface area contributed by atoms with Crippen molar-refractivity contribution >= 4 is 21.6 Å². The Morgan fingerprint density at radius 1 is 0.971 bits per heavy atom. The van der Waals surface area contributed by atoms with E-state index in [9.17, 15) is 20.1 Å². The van der Waals surface area contributed by atoms with Gasteiger partial charge in [0.2, 0.25) is 5.79 Å². The van der Waals surface area contributed by atoms with E-state index in [-0.39, 0.29) is 28.2 Å². The van der Waals surface area contributed by atoms with Gasteiger partial charge >= 0.3 is 4.87 Å². The summed E-state index contributed by atoms with van der Waals surface area (Å²) in [6, 6.07) is 17.0. The van der Waals surface area contributed by atoms with Crippen molar-refractivity contribution in [3.63, 3.8) is 0 Å². The van der Waals surface area contributed by atoms with Crippen molar-refractivity contribution < 1.29 is 15.3 Å². The molecule has 0 aliphatic carbocycles. The van der Waals surface area contributed by atoms with Gasteiger partial charge in [0.15, 0.2) is 0 Å². The van der Waals surface area contributed by atoms with Gasteiger partial charge in [0, 0.05) is 18.3 Å². The molecule has 9 heteroatoms. The molecular formula is C25H28N4O4S. The molecule has 0 aliphatic rings. The van der Waals surface area contributed by atoms with Crippen LogP contribution in [-0.2, 0) is 25.2 Å². The molecule has 0 bridgehead atoms. The Kier molecular flexibility index (Phi) is 7.71. The van der Waals surface area contributed by atoms with Crippen LogP contribution in [0.1, 0.15) is 22.4 Å². The van der Waals surface area contributed by atoms with E-state index >= 15 is 0 Å². The molecule has 0 unspecified atom stereocenters. The average molecular weight is 481 g/mol. The molecule has 2 aromatic carbocycles. The third kappa shape index (κ3) is 6.07. The van der Waals surface area contributed by atoms with E-state index in [2.05, 4.69) is 38.8 Å². The van der Waals surface area contributed by atoms with Crippen LogP contribution in [0.3, 0.4) is 0 Å². The minimum absolute atomic E-state index is 0.104. The number of nitrogens with zero attached hydrogens (tertiary/aromatic N) is 1. The topological polar surface area (TPSA) is 130 Å². The number of pyridine rings is 1. The Bertz CT molecular complexity index is 1290. The van der Waals surface area contributed by atoms with Gasteiger partial charge in [0.05, 0.1) is 16.9 Å². The summed E-state index contributed by atoms with van der Waals surface area (Å²) in [5.41, 5.74) is 3.80. The predicted octanol–water partition coefficient (Wildman–Crippen LogP) is 1.99. The SMILES string of the molecule is O=c1[nH]c2c(O)ccc(C(O)(O)CNCCc3cccc(CCNCc4ccccn4)c3)c2s1. The van der Waals surface area contributed by atoms with E-state index in [4.69, 9.17) is 0 Å². The Morgan fingerprint density at radius 3 is 2.47 bits per heavy atom. The first-order chi connectivity index (χ1) is 16.4. The van der Waals surface area contributed by atoms with Gasteiger partial charge in [-0.2, -0.15) is 0 Å². The van der Waals surface area contributed by atoms with Gasteiger partial charge < -0.3 is 30.9 Å². The first kappa shape index (κ1) is 24.1. The van der Waals surface area contributed by atoms with E-state index in [1.54, 1.807) is 6.20 Å². The second kappa shape index (κ2) is 10.9. The van der Waals surface area contributed by atoms with Gasteiger partial charge in [0.25, 0.3) is 0 Å². The normalized spacial score (nSPS) is 11.8. The lowest BCUT2D eigenvalue weighted by atomic mass is 10.0. The van der Waals surface area contributed by atoms with Crippen molar-refractivity contribution in [2.45, 2.75) is 25.2 Å². The molecule has 0 spiro atoms. The van der Waals surface area contributed by atoms with E-state index in [0.29, 0.717) is 11.2 Å². The number of benzene rings is 2. The number of aromatic nitrogens is 2. The number of nitrogens with one attached hydrogen (secondary N) is 3. The molecule has 0 saturated heterocycles. The fraction of sp³-hybridized carbons (Fsp3) is 0.280. The molecule has 2 aromatic heterocycles. The number of H-pyrrole nitrogens is 1. The van der Waals surface area contributed by atoms with Crippen LogP contribution in [0.4, 0.5) is 0 Å². The number of rotatable bonds is 11. The number of thiazole rings is 1. The van der Waals surface area contributed by atoms with E-state index in [1.165, 1.54) is 17.7 Å². The van der Waals surface area contributed by atoms with Crippen LogP contribution >= 0.6 is 11.3 Å². The van der Waals surface area contributed by atoms with Crippen LogP contribution in [0.5, 0.6) is 5.75 Å². The average Bonchev–Trinajstić information content (AvgIpc) is 3.23. The van der Waals surface area contributed by atoms with Gasteiger partial charge in [-0.15, -0.1) is 0 Å². The molecule has 2 heterocycles. The first-order valence-corrected chi connectivity index (χ1v) is 11.9. The second-order valence-electron chi connectivity index (χ2n) is 8.16. The first-order valence-electron chi connectivity index (χ1n) is 11.1. The number of hydrogen-bond acceptors (Lipinski definition) is 8. The number of phenols is 1. The molecule has 0 fully saturated rings. The minimum atomic E-state index is -2.18. The maximum Gasteiger partial charge on any atom is 0.305 e. The largest absolute Gasteiger partial charge is 0.506 e. The summed E-state index contributed by atoms with van der Waals surface area (Å²) in [5.74, 6) is -2.29. The van der Waals surface area contributed by atoms with E-state index in [0.717, 1.165) is 48.5 Å². The maximum absolute atomic E-state index is 11.7. The van der Waals surface area contributed by atoms with Crippen LogP contribution in [0.2, 0.25) is 0 Å². The Labute approximate surface area is 201 Å². The summed E-state index contributed by atoms with van der Waals surface area (Å²) < 4.78 is 0.334. The summed E-state index contributed by atoms with van der Waals surface area (Å²) >= 11 is 0.837. The van der Waals surface area contributed by atoms with Crippen molar-refractivity contribution in [3.05, 3.63) is 92.8 Å². The summed E-state index contributed by atoms with van der Waals surface area (Å²) in [6.45, 7) is 2.02.